The number of para-hydroxylation sites is 1. The van der Waals surface area contributed by atoms with Gasteiger partial charge in [0.25, 0.3) is 0 Å². The molecule has 0 saturated heterocycles. The fourth-order valence-electron chi connectivity index (χ4n) is 2.92. The molecule has 1 aliphatic carbocycles. The Labute approximate surface area is 110 Å². The maximum atomic E-state index is 2.38. The third-order valence-corrected chi connectivity index (χ3v) is 3.81. The number of pyridine rings is 1. The Hall–Kier alpha value is -1.37. The SMILES string of the molecule is CC.C[n+]1cc(C2CCCC2)cc2ccccc21. The molecule has 18 heavy (non-hydrogen) atoms. The van der Waals surface area contributed by atoms with Gasteiger partial charge in [0.05, 0.1) is 0 Å². The van der Waals surface area contributed by atoms with Gasteiger partial charge >= 0.3 is 0 Å². The predicted molar refractivity (Wildman–Crippen MR) is 77.7 cm³/mol. The molecule has 0 spiro atoms. The molecule has 1 heterocycles. The topological polar surface area (TPSA) is 3.88 Å². The fourth-order valence-corrected chi connectivity index (χ4v) is 2.92. The van der Waals surface area contributed by atoms with Crippen molar-refractivity contribution >= 4 is 10.9 Å². The number of hydrogen-bond acceptors (Lipinski definition) is 0. The first-order valence-corrected chi connectivity index (χ1v) is 7.23. The minimum Gasteiger partial charge on any atom is -0.201 e. The molecule has 1 nitrogen and oxygen atoms in total. The summed E-state index contributed by atoms with van der Waals surface area (Å²) in [6.45, 7) is 4.00. The second kappa shape index (κ2) is 5.99. The Kier molecular flexibility index (Phi) is 4.35. The van der Waals surface area contributed by atoms with Gasteiger partial charge in [0.1, 0.15) is 7.05 Å². The lowest BCUT2D eigenvalue weighted by Crippen LogP contribution is -2.29. The van der Waals surface area contributed by atoms with Crippen LogP contribution in [0.15, 0.2) is 36.5 Å². The molecule has 0 N–H and O–H groups in total. The maximum absolute atomic E-state index is 2.38. The molecule has 1 heteroatoms. The van der Waals surface area contributed by atoms with Crippen LogP contribution in [0.25, 0.3) is 10.9 Å². The van der Waals surface area contributed by atoms with E-state index in [1.807, 2.05) is 13.8 Å². The fraction of sp³-hybridized carbons (Fsp3) is 0.471. The minimum absolute atomic E-state index is 0.802. The first kappa shape index (κ1) is 13.1. The van der Waals surface area contributed by atoms with Crippen LogP contribution in [0.5, 0.6) is 0 Å². The van der Waals surface area contributed by atoms with Crippen molar-refractivity contribution in [2.24, 2.45) is 7.05 Å². The second-order valence-corrected chi connectivity index (χ2v) is 4.92. The van der Waals surface area contributed by atoms with E-state index in [1.54, 1.807) is 0 Å². The lowest BCUT2D eigenvalue weighted by Gasteiger charge is -2.08. The summed E-state index contributed by atoms with van der Waals surface area (Å²) >= 11 is 0. The van der Waals surface area contributed by atoms with Crippen LogP contribution in [-0.4, -0.2) is 0 Å². The molecule has 1 fully saturated rings. The third-order valence-electron chi connectivity index (χ3n) is 3.81. The van der Waals surface area contributed by atoms with Crippen molar-refractivity contribution in [3.05, 3.63) is 42.1 Å². The number of aryl methyl sites for hydroxylation is 1. The summed E-state index contributed by atoms with van der Waals surface area (Å²) in [6.07, 6.45) is 7.87. The van der Waals surface area contributed by atoms with Gasteiger partial charge in [-0.3, -0.25) is 0 Å². The molecule has 0 amide bonds. The molecule has 1 aromatic heterocycles. The maximum Gasteiger partial charge on any atom is 0.212 e. The summed E-state index contributed by atoms with van der Waals surface area (Å²) in [5.74, 6) is 0.802. The molecule has 0 aliphatic heterocycles. The average Bonchev–Trinajstić information content (AvgIpc) is 2.95. The van der Waals surface area contributed by atoms with E-state index < -0.39 is 0 Å². The molecule has 96 valence electrons. The molecule has 0 radical (unpaired) electrons. The van der Waals surface area contributed by atoms with E-state index in [4.69, 9.17) is 0 Å². The van der Waals surface area contributed by atoms with Crippen molar-refractivity contribution < 1.29 is 4.57 Å². The van der Waals surface area contributed by atoms with E-state index in [-0.39, 0.29) is 0 Å². The van der Waals surface area contributed by atoms with Crippen LogP contribution < -0.4 is 4.57 Å². The normalized spacial score (nSPS) is 15.5. The lowest BCUT2D eigenvalue weighted by molar-refractivity contribution is -0.645. The molecule has 1 saturated carbocycles. The van der Waals surface area contributed by atoms with Crippen LogP contribution >= 0.6 is 0 Å². The van der Waals surface area contributed by atoms with Gasteiger partial charge in [0.2, 0.25) is 5.52 Å². The van der Waals surface area contributed by atoms with Crippen LogP contribution in [-0.2, 0) is 7.05 Å². The molecule has 2 aromatic rings. The first-order chi connectivity index (χ1) is 8.84. The van der Waals surface area contributed by atoms with Gasteiger partial charge in [-0.1, -0.05) is 38.8 Å². The van der Waals surface area contributed by atoms with Crippen molar-refractivity contribution in [1.82, 2.24) is 0 Å². The van der Waals surface area contributed by atoms with Gasteiger partial charge in [0.15, 0.2) is 6.20 Å². The Morgan fingerprint density at radius 3 is 2.44 bits per heavy atom. The third kappa shape index (κ3) is 2.55. The molecular formula is C17H24N+. The molecule has 1 aliphatic rings. The monoisotopic (exact) mass is 242 g/mol. The van der Waals surface area contributed by atoms with E-state index in [0.29, 0.717) is 0 Å². The summed E-state index contributed by atoms with van der Waals surface area (Å²) < 4.78 is 2.27. The summed E-state index contributed by atoms with van der Waals surface area (Å²) in [4.78, 5) is 0. The van der Waals surface area contributed by atoms with Gasteiger partial charge in [-0.2, -0.15) is 0 Å². The van der Waals surface area contributed by atoms with Crippen molar-refractivity contribution in [2.45, 2.75) is 45.4 Å². The average molecular weight is 242 g/mol. The number of rotatable bonds is 1. The largest absolute Gasteiger partial charge is 0.212 e. The smallest absolute Gasteiger partial charge is 0.201 e. The molecule has 0 bridgehead atoms. The zero-order chi connectivity index (χ0) is 13.0. The molecule has 1 aromatic carbocycles. The summed E-state index contributed by atoms with van der Waals surface area (Å²) in [5, 5.41) is 1.37. The lowest BCUT2D eigenvalue weighted by atomic mass is 9.98. The van der Waals surface area contributed by atoms with Crippen molar-refractivity contribution in [2.75, 3.05) is 0 Å². The van der Waals surface area contributed by atoms with Crippen molar-refractivity contribution in [3.63, 3.8) is 0 Å². The van der Waals surface area contributed by atoms with Crippen LogP contribution in [0.1, 0.15) is 51.0 Å². The summed E-state index contributed by atoms with van der Waals surface area (Å²) in [7, 11) is 2.15. The summed E-state index contributed by atoms with van der Waals surface area (Å²) in [5.41, 5.74) is 2.85. The standard InChI is InChI=1S/C15H18N.C2H6/c1-16-11-14(12-6-2-3-7-12)10-13-8-4-5-9-15(13)16;1-2/h4-5,8-12H,2-3,6-7H2,1H3;1-2H3/q+1;. The van der Waals surface area contributed by atoms with E-state index in [0.717, 1.165) is 5.92 Å². The van der Waals surface area contributed by atoms with Gasteiger partial charge in [0, 0.05) is 17.0 Å². The van der Waals surface area contributed by atoms with Crippen LogP contribution in [0.4, 0.5) is 0 Å². The van der Waals surface area contributed by atoms with Crippen LogP contribution in [0.3, 0.4) is 0 Å². The van der Waals surface area contributed by atoms with Gasteiger partial charge in [-0.05, 0) is 30.9 Å². The predicted octanol–water partition coefficient (Wildman–Crippen LogP) is 4.35. The number of aromatic nitrogens is 1. The Bertz CT molecular complexity index is 510. The molecule has 0 atom stereocenters. The number of hydrogen-bond donors (Lipinski definition) is 0. The highest BCUT2D eigenvalue weighted by Gasteiger charge is 2.20. The highest BCUT2D eigenvalue weighted by Crippen LogP contribution is 2.34. The van der Waals surface area contributed by atoms with E-state index >= 15 is 0 Å². The Balaban J connectivity index is 0.000000574. The van der Waals surface area contributed by atoms with Gasteiger partial charge in [-0.15, -0.1) is 0 Å². The second-order valence-electron chi connectivity index (χ2n) is 4.92. The van der Waals surface area contributed by atoms with Gasteiger partial charge < -0.3 is 0 Å². The van der Waals surface area contributed by atoms with E-state index in [2.05, 4.69) is 48.1 Å². The van der Waals surface area contributed by atoms with Crippen LogP contribution in [0, 0.1) is 0 Å². The van der Waals surface area contributed by atoms with Crippen molar-refractivity contribution in [1.29, 1.82) is 0 Å². The Morgan fingerprint density at radius 2 is 1.72 bits per heavy atom. The highest BCUT2D eigenvalue weighted by molar-refractivity contribution is 5.75. The zero-order valence-electron chi connectivity index (χ0n) is 11.8. The van der Waals surface area contributed by atoms with Crippen molar-refractivity contribution in [3.8, 4) is 0 Å². The van der Waals surface area contributed by atoms with Gasteiger partial charge in [-0.25, -0.2) is 4.57 Å². The number of fused-ring (bicyclic) bond motifs is 1. The van der Waals surface area contributed by atoms with Crippen LogP contribution in [0.2, 0.25) is 0 Å². The zero-order valence-corrected chi connectivity index (χ0v) is 11.8. The number of benzene rings is 1. The number of nitrogens with zero attached hydrogens (tertiary/aromatic N) is 1. The first-order valence-electron chi connectivity index (χ1n) is 7.23. The molecule has 3 rings (SSSR count). The van der Waals surface area contributed by atoms with E-state index in [1.165, 1.54) is 42.1 Å². The Morgan fingerprint density at radius 1 is 1.06 bits per heavy atom. The highest BCUT2D eigenvalue weighted by atomic mass is 14.9. The summed E-state index contributed by atoms with van der Waals surface area (Å²) in [6, 6.07) is 11.0. The van der Waals surface area contributed by atoms with E-state index in [9.17, 15) is 0 Å². The quantitative estimate of drug-likeness (QED) is 0.655. The minimum atomic E-state index is 0.802. The molecule has 0 unspecified atom stereocenters. The molecular weight excluding hydrogens is 218 g/mol.